The van der Waals surface area contributed by atoms with Crippen molar-refractivity contribution in [2.24, 2.45) is 5.73 Å². The predicted molar refractivity (Wildman–Crippen MR) is 60.9 cm³/mol. The van der Waals surface area contributed by atoms with E-state index in [4.69, 9.17) is 45.3 Å². The van der Waals surface area contributed by atoms with E-state index in [1.807, 2.05) is 0 Å². The Morgan fingerprint density at radius 1 is 1.12 bits per heavy atom. The van der Waals surface area contributed by atoms with Crippen molar-refractivity contribution in [1.29, 1.82) is 0 Å². The molecule has 1 aromatic carbocycles. The van der Waals surface area contributed by atoms with Crippen LogP contribution in [0, 0.1) is 0 Å². The zero-order chi connectivity index (χ0) is 12.3. The first kappa shape index (κ1) is 13.1. The average molecular weight is 283 g/mol. The van der Waals surface area contributed by atoms with E-state index in [2.05, 4.69) is 0 Å². The van der Waals surface area contributed by atoms with E-state index in [0.29, 0.717) is 0 Å². The van der Waals surface area contributed by atoms with Crippen molar-refractivity contribution in [1.82, 2.24) is 0 Å². The highest BCUT2D eigenvalue weighted by atomic mass is 35.6. The van der Waals surface area contributed by atoms with Gasteiger partial charge in [-0.1, -0.05) is 34.8 Å². The van der Waals surface area contributed by atoms with Gasteiger partial charge < -0.3 is 10.5 Å². The van der Waals surface area contributed by atoms with Crippen LogP contribution >= 0.6 is 34.8 Å². The number of hydrogen-bond acceptors (Lipinski definition) is 3. The van der Waals surface area contributed by atoms with Crippen LogP contribution in [0.25, 0.3) is 0 Å². The van der Waals surface area contributed by atoms with Crippen LogP contribution in [-0.2, 0) is 4.79 Å². The fourth-order valence-corrected chi connectivity index (χ4v) is 0.968. The van der Waals surface area contributed by atoms with Gasteiger partial charge in [-0.2, -0.15) is 0 Å². The summed E-state index contributed by atoms with van der Waals surface area (Å²) in [5, 5.41) is 0. The predicted octanol–water partition coefficient (Wildman–Crippen LogP) is 2.06. The summed E-state index contributed by atoms with van der Waals surface area (Å²) >= 11 is 15.9. The van der Waals surface area contributed by atoms with Crippen LogP contribution in [0.3, 0.4) is 0 Å². The topological polar surface area (TPSA) is 69.4 Å². The maximum atomic E-state index is 11.1. The zero-order valence-electron chi connectivity index (χ0n) is 7.75. The third kappa shape index (κ3) is 3.56. The van der Waals surface area contributed by atoms with Gasteiger partial charge in [0.1, 0.15) is 5.75 Å². The van der Waals surface area contributed by atoms with Gasteiger partial charge in [0.15, 0.2) is 0 Å². The number of amides is 1. The van der Waals surface area contributed by atoms with Gasteiger partial charge in [-0.3, -0.25) is 4.79 Å². The molecule has 0 radical (unpaired) electrons. The Labute approximate surface area is 106 Å². The molecule has 0 saturated heterocycles. The molecule has 0 aliphatic carbocycles. The highest BCUT2D eigenvalue weighted by Crippen LogP contribution is 2.28. The Hall–Kier alpha value is -0.970. The summed E-state index contributed by atoms with van der Waals surface area (Å²) in [6, 6.07) is 5.52. The van der Waals surface area contributed by atoms with Gasteiger partial charge in [0, 0.05) is 5.56 Å². The van der Waals surface area contributed by atoms with E-state index in [-0.39, 0.29) is 11.3 Å². The molecule has 0 unspecified atom stereocenters. The lowest BCUT2D eigenvalue weighted by Crippen LogP contribution is -2.24. The first-order valence-corrected chi connectivity index (χ1v) is 5.13. The second kappa shape index (κ2) is 4.91. The SMILES string of the molecule is NC(=O)c1ccc(OC(=O)C(Cl)(Cl)Cl)cc1. The molecule has 0 spiro atoms. The van der Waals surface area contributed by atoms with Crippen molar-refractivity contribution < 1.29 is 14.3 Å². The number of esters is 1. The van der Waals surface area contributed by atoms with Gasteiger partial charge in [0.05, 0.1) is 0 Å². The third-order valence-electron chi connectivity index (χ3n) is 1.58. The van der Waals surface area contributed by atoms with Gasteiger partial charge in [-0.15, -0.1) is 0 Å². The van der Waals surface area contributed by atoms with Crippen LogP contribution in [0.2, 0.25) is 0 Å². The molecule has 1 rings (SSSR count). The fourth-order valence-electron chi connectivity index (χ4n) is 0.852. The third-order valence-corrected chi connectivity index (χ3v) is 2.04. The number of ether oxygens (including phenoxy) is 1. The monoisotopic (exact) mass is 281 g/mol. The number of carbonyl (C=O) groups is 2. The van der Waals surface area contributed by atoms with Gasteiger partial charge in [-0.25, -0.2) is 4.79 Å². The molecule has 0 heterocycles. The van der Waals surface area contributed by atoms with Crippen LogP contribution < -0.4 is 10.5 Å². The summed E-state index contributed by atoms with van der Waals surface area (Å²) in [6.45, 7) is 0. The molecule has 0 aliphatic rings. The summed E-state index contributed by atoms with van der Waals surface area (Å²) in [7, 11) is 0. The van der Waals surface area contributed by atoms with E-state index in [1.54, 1.807) is 0 Å². The molecule has 0 aromatic heterocycles. The van der Waals surface area contributed by atoms with Gasteiger partial charge in [0.2, 0.25) is 5.91 Å². The maximum absolute atomic E-state index is 11.1. The largest absolute Gasteiger partial charge is 0.423 e. The number of carbonyl (C=O) groups excluding carboxylic acids is 2. The van der Waals surface area contributed by atoms with E-state index in [1.165, 1.54) is 24.3 Å². The number of benzene rings is 1. The number of hydrogen-bond donors (Lipinski definition) is 1. The minimum absolute atomic E-state index is 0.154. The Bertz CT molecular complexity index is 411. The summed E-state index contributed by atoms with van der Waals surface area (Å²) in [6.07, 6.45) is 0. The van der Waals surface area contributed by atoms with Crippen molar-refractivity contribution in [2.75, 3.05) is 0 Å². The number of primary amides is 1. The molecule has 2 N–H and O–H groups in total. The molecule has 1 amide bonds. The summed E-state index contributed by atoms with van der Waals surface area (Å²) in [5.74, 6) is -1.45. The first-order valence-electron chi connectivity index (χ1n) is 3.99. The lowest BCUT2D eigenvalue weighted by molar-refractivity contribution is -0.133. The van der Waals surface area contributed by atoms with E-state index >= 15 is 0 Å². The first-order chi connectivity index (χ1) is 7.30. The molecule has 86 valence electrons. The van der Waals surface area contributed by atoms with Crippen LogP contribution in [0.15, 0.2) is 24.3 Å². The number of halogens is 3. The summed E-state index contributed by atoms with van der Waals surface area (Å²) in [5.41, 5.74) is 5.31. The molecule has 0 aliphatic heterocycles. The van der Waals surface area contributed by atoms with Crippen molar-refractivity contribution in [3.63, 3.8) is 0 Å². The molecular formula is C9H6Cl3NO3. The fraction of sp³-hybridized carbons (Fsp3) is 0.111. The summed E-state index contributed by atoms with van der Waals surface area (Å²) < 4.78 is 2.59. The van der Waals surface area contributed by atoms with E-state index < -0.39 is 15.7 Å². The molecule has 0 atom stereocenters. The minimum atomic E-state index is -2.14. The Morgan fingerprint density at radius 3 is 2.00 bits per heavy atom. The zero-order valence-corrected chi connectivity index (χ0v) is 10.0. The normalized spacial score (nSPS) is 10.9. The van der Waals surface area contributed by atoms with Crippen LogP contribution in [0.4, 0.5) is 0 Å². The molecule has 0 fully saturated rings. The maximum Gasteiger partial charge on any atom is 0.363 e. The van der Waals surface area contributed by atoms with Crippen molar-refractivity contribution in [2.45, 2.75) is 3.79 Å². The molecule has 7 heteroatoms. The van der Waals surface area contributed by atoms with Gasteiger partial charge in [0.25, 0.3) is 3.79 Å². The minimum Gasteiger partial charge on any atom is -0.423 e. The summed E-state index contributed by atoms with van der Waals surface area (Å²) in [4.78, 5) is 21.9. The van der Waals surface area contributed by atoms with Crippen LogP contribution in [-0.4, -0.2) is 15.7 Å². The second-order valence-corrected chi connectivity index (χ2v) is 5.06. The quantitative estimate of drug-likeness (QED) is 0.513. The molecule has 1 aromatic rings. The van der Waals surface area contributed by atoms with Crippen molar-refractivity contribution in [3.05, 3.63) is 29.8 Å². The lowest BCUT2D eigenvalue weighted by atomic mass is 10.2. The van der Waals surface area contributed by atoms with E-state index in [9.17, 15) is 9.59 Å². The highest BCUT2D eigenvalue weighted by molar-refractivity contribution is 6.75. The number of rotatable bonds is 2. The molecular weight excluding hydrogens is 276 g/mol. The highest BCUT2D eigenvalue weighted by Gasteiger charge is 2.33. The smallest absolute Gasteiger partial charge is 0.363 e. The number of alkyl halides is 3. The standard InChI is InChI=1S/C9H6Cl3NO3/c10-9(11,12)8(15)16-6-3-1-5(2-4-6)7(13)14/h1-4H,(H2,13,14). The molecule has 0 bridgehead atoms. The average Bonchev–Trinajstić information content (AvgIpc) is 2.17. The van der Waals surface area contributed by atoms with Crippen LogP contribution in [0.5, 0.6) is 5.75 Å². The second-order valence-electron chi connectivity index (χ2n) is 2.78. The Morgan fingerprint density at radius 2 is 1.62 bits per heavy atom. The van der Waals surface area contributed by atoms with Crippen molar-refractivity contribution in [3.8, 4) is 5.75 Å². The van der Waals surface area contributed by atoms with Crippen molar-refractivity contribution >= 4 is 46.7 Å². The number of nitrogens with two attached hydrogens (primary N) is 1. The molecule has 4 nitrogen and oxygen atoms in total. The van der Waals surface area contributed by atoms with E-state index in [0.717, 1.165) is 0 Å². The lowest BCUT2D eigenvalue weighted by Gasteiger charge is -2.10. The molecule has 0 saturated carbocycles. The van der Waals surface area contributed by atoms with Gasteiger partial charge >= 0.3 is 5.97 Å². The van der Waals surface area contributed by atoms with Gasteiger partial charge in [-0.05, 0) is 24.3 Å². The Balaban J connectivity index is 2.77. The van der Waals surface area contributed by atoms with Crippen LogP contribution in [0.1, 0.15) is 10.4 Å². The Kier molecular flexibility index (Phi) is 4.02. The molecule has 16 heavy (non-hydrogen) atoms.